The number of amides is 4. The Hall–Kier alpha value is -4.95. The molecule has 3 fully saturated rings. The first-order chi connectivity index (χ1) is 25.5. The molecule has 4 aromatic rings. The molecule has 0 aromatic heterocycles. The summed E-state index contributed by atoms with van der Waals surface area (Å²) < 4.78 is 26.6. The molecule has 2 aliphatic carbocycles. The van der Waals surface area contributed by atoms with E-state index in [0.717, 1.165) is 8.58 Å². The first-order valence-corrected chi connectivity index (χ1v) is 18.4. The topological polar surface area (TPSA) is 125 Å². The monoisotopic (exact) mass is 847 g/mol. The number of hydrazine groups is 1. The zero-order valence-corrected chi connectivity index (χ0v) is 31.3. The lowest BCUT2D eigenvalue weighted by atomic mass is 9.49. The quantitative estimate of drug-likeness (QED) is 0.116. The van der Waals surface area contributed by atoms with Gasteiger partial charge < -0.3 is 14.6 Å². The van der Waals surface area contributed by atoms with Gasteiger partial charge in [-0.05, 0) is 108 Å². The van der Waals surface area contributed by atoms with Crippen LogP contribution in [0.1, 0.15) is 29.9 Å². The summed E-state index contributed by atoms with van der Waals surface area (Å²) in [5.41, 5.74) is 3.57. The van der Waals surface area contributed by atoms with Crippen molar-refractivity contribution in [3.05, 3.63) is 122 Å². The van der Waals surface area contributed by atoms with Crippen molar-refractivity contribution in [2.75, 3.05) is 24.5 Å². The number of nitrogens with one attached hydrogen (secondary N) is 1. The van der Waals surface area contributed by atoms with Crippen LogP contribution in [0, 0.1) is 33.1 Å². The Kier molecular flexibility index (Phi) is 8.72. The van der Waals surface area contributed by atoms with E-state index in [-0.39, 0.29) is 41.9 Å². The van der Waals surface area contributed by atoms with Crippen LogP contribution in [-0.2, 0) is 24.6 Å². The number of nitrogens with zero attached hydrogens (tertiary/aromatic N) is 2. The van der Waals surface area contributed by atoms with E-state index in [1.54, 1.807) is 36.4 Å². The number of fused-ring (bicyclic) bond motifs is 4. The Labute approximate surface area is 322 Å². The summed E-state index contributed by atoms with van der Waals surface area (Å²) in [6.45, 7) is 0. The van der Waals surface area contributed by atoms with Crippen molar-refractivity contribution in [1.29, 1.82) is 0 Å². The number of phenols is 1. The van der Waals surface area contributed by atoms with E-state index < -0.39 is 52.6 Å². The largest absolute Gasteiger partial charge is 0.508 e. The number of ether oxygens (including phenoxy) is 2. The summed E-state index contributed by atoms with van der Waals surface area (Å²) in [7, 11) is 2.86. The van der Waals surface area contributed by atoms with Crippen LogP contribution >= 0.6 is 34.2 Å². The first kappa shape index (κ1) is 35.1. The normalized spacial score (nSPS) is 26.2. The standard InChI is InChI=1S/C40H32ClFIN3O7/c1-52-31-17-26(47)18-32(53-2)34(31)35-27-15-16-28-33(38(50)45(36(28)48)25-13-9-23(43)10-14-25)29(27)19-30-37(49)46(44-24-11-7-22(42)8-12-24)39(51)40(30,35)20-3-5-21(41)6-4-20/h3-15,17-18,28-30,33,35,44,47H,16,19H2,1-2H3/t28-,29+,30-,33-,35+,40+/m0/s1. The van der Waals surface area contributed by atoms with Crippen molar-refractivity contribution in [2.45, 2.75) is 24.2 Å². The van der Waals surface area contributed by atoms with Gasteiger partial charge in [0.1, 0.15) is 23.1 Å². The van der Waals surface area contributed by atoms with Gasteiger partial charge in [-0.1, -0.05) is 35.4 Å². The Morgan fingerprint density at radius 3 is 2.13 bits per heavy atom. The van der Waals surface area contributed by atoms with Crippen LogP contribution < -0.4 is 19.8 Å². The molecule has 8 rings (SSSR count). The Bertz CT molecular complexity index is 2190. The molecule has 10 nitrogen and oxygen atoms in total. The number of phenolic OH excluding ortho intramolecular Hbond substituents is 1. The molecule has 2 aliphatic heterocycles. The first-order valence-electron chi connectivity index (χ1n) is 16.9. The highest BCUT2D eigenvalue weighted by Gasteiger charge is 2.71. The molecule has 13 heteroatoms. The fourth-order valence-corrected chi connectivity index (χ4v) is 9.51. The zero-order valence-electron chi connectivity index (χ0n) is 28.4. The van der Waals surface area contributed by atoms with Gasteiger partial charge in [0.15, 0.2) is 0 Å². The number of allylic oxidation sites excluding steroid dienone is 2. The smallest absolute Gasteiger partial charge is 0.260 e. The third-order valence-electron chi connectivity index (χ3n) is 11.2. The number of halogens is 3. The maximum Gasteiger partial charge on any atom is 0.260 e. The van der Waals surface area contributed by atoms with Crippen LogP contribution in [0.3, 0.4) is 0 Å². The number of carbonyl (C=O) groups is 4. The number of imide groups is 2. The van der Waals surface area contributed by atoms with Gasteiger partial charge in [0.2, 0.25) is 11.8 Å². The summed E-state index contributed by atoms with van der Waals surface area (Å²) in [6, 6.07) is 21.9. The molecule has 0 unspecified atom stereocenters. The van der Waals surface area contributed by atoms with Gasteiger partial charge in [0.25, 0.3) is 11.8 Å². The third kappa shape index (κ3) is 5.31. The molecule has 0 radical (unpaired) electrons. The van der Waals surface area contributed by atoms with Crippen molar-refractivity contribution >= 4 is 69.2 Å². The lowest BCUT2D eigenvalue weighted by Gasteiger charge is -2.51. The van der Waals surface area contributed by atoms with E-state index in [2.05, 4.69) is 28.0 Å². The minimum absolute atomic E-state index is 0.0561. The lowest BCUT2D eigenvalue weighted by molar-refractivity contribution is -0.138. The molecule has 4 amide bonds. The van der Waals surface area contributed by atoms with Gasteiger partial charge in [-0.3, -0.25) is 29.5 Å². The number of aromatic hydroxyl groups is 1. The molecular formula is C40H32ClFIN3O7. The van der Waals surface area contributed by atoms with E-state index in [9.17, 15) is 23.9 Å². The summed E-state index contributed by atoms with van der Waals surface area (Å²) in [5, 5.41) is 12.1. The highest BCUT2D eigenvalue weighted by molar-refractivity contribution is 14.1. The average Bonchev–Trinajstić information content (AvgIpc) is 3.53. The molecular weight excluding hydrogens is 816 g/mol. The van der Waals surface area contributed by atoms with E-state index in [4.69, 9.17) is 21.1 Å². The third-order valence-corrected chi connectivity index (χ3v) is 12.1. The van der Waals surface area contributed by atoms with Crippen LogP contribution in [0.5, 0.6) is 17.2 Å². The van der Waals surface area contributed by atoms with E-state index in [0.29, 0.717) is 33.1 Å². The van der Waals surface area contributed by atoms with Crippen molar-refractivity contribution in [3.8, 4) is 17.2 Å². The summed E-state index contributed by atoms with van der Waals surface area (Å²) in [6.07, 6.45) is 2.19. The fourth-order valence-electron chi connectivity index (χ4n) is 9.02. The van der Waals surface area contributed by atoms with Crippen LogP contribution in [-0.4, -0.2) is 48.0 Å². The molecule has 2 N–H and O–H groups in total. The van der Waals surface area contributed by atoms with E-state index >= 15 is 4.79 Å². The molecule has 2 saturated heterocycles. The van der Waals surface area contributed by atoms with Gasteiger partial charge in [0.05, 0.1) is 48.8 Å². The molecule has 2 heterocycles. The van der Waals surface area contributed by atoms with Crippen molar-refractivity contribution in [1.82, 2.24) is 5.01 Å². The number of hydrogen-bond donors (Lipinski definition) is 2. The number of hydrogen-bond acceptors (Lipinski definition) is 8. The van der Waals surface area contributed by atoms with Crippen LogP contribution in [0.25, 0.3) is 0 Å². The second-order valence-corrected chi connectivity index (χ2v) is 15.3. The second-order valence-electron chi connectivity index (χ2n) is 13.6. The van der Waals surface area contributed by atoms with Gasteiger partial charge >= 0.3 is 0 Å². The van der Waals surface area contributed by atoms with Gasteiger partial charge in [-0.15, -0.1) is 0 Å². The Balaban J connectivity index is 1.37. The lowest BCUT2D eigenvalue weighted by Crippen LogP contribution is -2.53. The van der Waals surface area contributed by atoms with E-state index in [1.807, 2.05) is 18.2 Å². The van der Waals surface area contributed by atoms with Gasteiger partial charge in [-0.2, -0.15) is 5.01 Å². The molecule has 270 valence electrons. The fraction of sp³-hybridized carbons (Fsp3) is 0.250. The number of methoxy groups -OCH3 is 2. The molecule has 4 aromatic carbocycles. The SMILES string of the molecule is COc1cc(O)cc(OC)c1[C@H]1C2=CC[C@@H]3C(=O)N(c4ccc(I)cc4)C(=O)[C@@H]3[C@@H]2C[C@H]2C(=O)N(Nc3ccc(F)cc3)C(=O)[C@@]12c1ccc(Cl)cc1. The zero-order chi connectivity index (χ0) is 37.3. The summed E-state index contributed by atoms with van der Waals surface area (Å²) in [4.78, 5) is 60.2. The van der Waals surface area contributed by atoms with Crippen LogP contribution in [0.2, 0.25) is 5.02 Å². The number of rotatable bonds is 7. The predicted octanol–water partition coefficient (Wildman–Crippen LogP) is 7.00. The van der Waals surface area contributed by atoms with Gasteiger partial charge in [-0.25, -0.2) is 4.39 Å². The minimum atomic E-state index is -1.66. The maximum atomic E-state index is 15.4. The number of benzene rings is 4. The predicted molar refractivity (Wildman–Crippen MR) is 202 cm³/mol. The molecule has 0 spiro atoms. The van der Waals surface area contributed by atoms with Crippen molar-refractivity contribution in [2.24, 2.45) is 23.7 Å². The highest BCUT2D eigenvalue weighted by Crippen LogP contribution is 2.66. The van der Waals surface area contributed by atoms with E-state index in [1.165, 1.54) is 55.5 Å². The molecule has 1 saturated carbocycles. The Morgan fingerprint density at radius 1 is 0.868 bits per heavy atom. The van der Waals surface area contributed by atoms with Crippen LogP contribution in [0.15, 0.2) is 96.6 Å². The Morgan fingerprint density at radius 2 is 1.51 bits per heavy atom. The maximum absolute atomic E-state index is 15.4. The molecule has 6 atom stereocenters. The minimum Gasteiger partial charge on any atom is -0.508 e. The average molecular weight is 848 g/mol. The summed E-state index contributed by atoms with van der Waals surface area (Å²) >= 11 is 8.54. The van der Waals surface area contributed by atoms with Crippen LogP contribution in [0.4, 0.5) is 15.8 Å². The highest BCUT2D eigenvalue weighted by atomic mass is 127. The molecule has 53 heavy (non-hydrogen) atoms. The van der Waals surface area contributed by atoms with Gasteiger partial charge in [0, 0.05) is 32.2 Å². The molecule has 4 aliphatic rings. The number of anilines is 2. The molecule has 0 bridgehead atoms. The van der Waals surface area contributed by atoms with Crippen molar-refractivity contribution in [3.63, 3.8) is 0 Å². The summed E-state index contributed by atoms with van der Waals surface area (Å²) in [5.74, 6) is -6.36. The second kappa shape index (κ2) is 13.2. The van der Waals surface area contributed by atoms with Crippen molar-refractivity contribution < 1.29 is 38.1 Å². The number of carbonyl (C=O) groups excluding carboxylic acids is 4.